The minimum atomic E-state index is 0.0350. The SMILES string of the molecule is O=C(NCCCCCO)C1CCCN1. The quantitative estimate of drug-likeness (QED) is 0.530. The smallest absolute Gasteiger partial charge is 0.237 e. The molecule has 82 valence electrons. The van der Waals surface area contributed by atoms with Gasteiger partial charge in [-0.2, -0.15) is 0 Å². The van der Waals surface area contributed by atoms with Gasteiger partial charge >= 0.3 is 0 Å². The molecule has 0 bridgehead atoms. The fraction of sp³-hybridized carbons (Fsp3) is 0.900. The standard InChI is InChI=1S/C10H20N2O2/c13-8-3-1-2-6-12-10(14)9-5-4-7-11-9/h9,11,13H,1-8H2,(H,12,14). The van der Waals surface area contributed by atoms with Gasteiger partial charge in [0, 0.05) is 13.2 Å². The third-order valence-electron chi connectivity index (χ3n) is 2.51. The van der Waals surface area contributed by atoms with Crippen molar-refractivity contribution in [3.63, 3.8) is 0 Å². The summed E-state index contributed by atoms with van der Waals surface area (Å²) in [5.41, 5.74) is 0. The zero-order valence-electron chi connectivity index (χ0n) is 8.59. The van der Waals surface area contributed by atoms with Crippen LogP contribution in [0, 0.1) is 0 Å². The molecule has 3 N–H and O–H groups in total. The highest BCUT2D eigenvalue weighted by Crippen LogP contribution is 2.04. The van der Waals surface area contributed by atoms with Crippen LogP contribution in [0.2, 0.25) is 0 Å². The molecule has 0 aromatic heterocycles. The van der Waals surface area contributed by atoms with Crippen molar-refractivity contribution in [2.24, 2.45) is 0 Å². The first kappa shape index (κ1) is 11.5. The van der Waals surface area contributed by atoms with Gasteiger partial charge in [0.05, 0.1) is 6.04 Å². The van der Waals surface area contributed by atoms with Crippen molar-refractivity contribution in [2.75, 3.05) is 19.7 Å². The molecule has 0 radical (unpaired) electrons. The highest BCUT2D eigenvalue weighted by atomic mass is 16.2. The van der Waals surface area contributed by atoms with E-state index in [0.717, 1.165) is 45.2 Å². The number of nitrogens with one attached hydrogen (secondary N) is 2. The summed E-state index contributed by atoms with van der Waals surface area (Å²) in [7, 11) is 0. The second-order valence-electron chi connectivity index (χ2n) is 3.72. The molecule has 0 saturated carbocycles. The fourth-order valence-electron chi connectivity index (χ4n) is 1.66. The first-order valence-electron chi connectivity index (χ1n) is 5.46. The van der Waals surface area contributed by atoms with E-state index < -0.39 is 0 Å². The van der Waals surface area contributed by atoms with Crippen LogP contribution < -0.4 is 10.6 Å². The monoisotopic (exact) mass is 200 g/mol. The van der Waals surface area contributed by atoms with Crippen molar-refractivity contribution in [1.82, 2.24) is 10.6 Å². The zero-order valence-corrected chi connectivity index (χ0v) is 8.59. The summed E-state index contributed by atoms with van der Waals surface area (Å²) in [6, 6.07) is 0.0350. The fourth-order valence-corrected chi connectivity index (χ4v) is 1.66. The molecule has 1 atom stereocenters. The van der Waals surface area contributed by atoms with Gasteiger partial charge in [-0.25, -0.2) is 0 Å². The molecule has 1 amide bonds. The largest absolute Gasteiger partial charge is 0.396 e. The number of hydrogen-bond acceptors (Lipinski definition) is 3. The number of carbonyl (C=O) groups excluding carboxylic acids is 1. The average Bonchev–Trinajstić information content (AvgIpc) is 2.70. The number of amides is 1. The van der Waals surface area contributed by atoms with E-state index in [-0.39, 0.29) is 18.6 Å². The van der Waals surface area contributed by atoms with Gasteiger partial charge in [0.2, 0.25) is 5.91 Å². The molecule has 1 heterocycles. The number of unbranched alkanes of at least 4 members (excludes halogenated alkanes) is 2. The first-order valence-corrected chi connectivity index (χ1v) is 5.46. The van der Waals surface area contributed by atoms with E-state index in [1.165, 1.54) is 0 Å². The van der Waals surface area contributed by atoms with Crippen molar-refractivity contribution in [1.29, 1.82) is 0 Å². The van der Waals surface area contributed by atoms with Gasteiger partial charge in [0.1, 0.15) is 0 Å². The van der Waals surface area contributed by atoms with E-state index in [0.29, 0.717) is 0 Å². The van der Waals surface area contributed by atoms with Crippen LogP contribution in [0.5, 0.6) is 0 Å². The number of aliphatic hydroxyl groups excluding tert-OH is 1. The van der Waals surface area contributed by atoms with Crippen molar-refractivity contribution < 1.29 is 9.90 Å². The summed E-state index contributed by atoms with van der Waals surface area (Å²) in [6.07, 6.45) is 4.83. The van der Waals surface area contributed by atoms with Crippen LogP contribution in [-0.2, 0) is 4.79 Å². The van der Waals surface area contributed by atoms with Gasteiger partial charge in [-0.3, -0.25) is 4.79 Å². The molecule has 1 fully saturated rings. The maximum atomic E-state index is 11.5. The van der Waals surface area contributed by atoms with E-state index in [1.807, 2.05) is 0 Å². The second-order valence-corrected chi connectivity index (χ2v) is 3.72. The third kappa shape index (κ3) is 4.07. The number of rotatable bonds is 6. The van der Waals surface area contributed by atoms with E-state index in [9.17, 15) is 4.79 Å². The maximum absolute atomic E-state index is 11.5. The zero-order chi connectivity index (χ0) is 10.2. The topological polar surface area (TPSA) is 61.4 Å². The van der Waals surface area contributed by atoms with Gasteiger partial charge in [-0.05, 0) is 38.6 Å². The Kier molecular flexibility index (Phi) is 5.56. The van der Waals surface area contributed by atoms with Gasteiger partial charge in [-0.15, -0.1) is 0 Å². The van der Waals surface area contributed by atoms with Crippen LogP contribution in [0.1, 0.15) is 32.1 Å². The molecule has 1 aliphatic heterocycles. The molecule has 1 rings (SSSR count). The Bertz CT molecular complexity index is 168. The number of carbonyl (C=O) groups is 1. The van der Waals surface area contributed by atoms with E-state index in [1.54, 1.807) is 0 Å². The third-order valence-corrected chi connectivity index (χ3v) is 2.51. The van der Waals surface area contributed by atoms with Crippen molar-refractivity contribution in [3.8, 4) is 0 Å². The second kappa shape index (κ2) is 6.79. The van der Waals surface area contributed by atoms with Crippen LogP contribution in [0.25, 0.3) is 0 Å². The molecule has 0 spiro atoms. The van der Waals surface area contributed by atoms with E-state index in [2.05, 4.69) is 10.6 Å². The summed E-state index contributed by atoms with van der Waals surface area (Å²) < 4.78 is 0. The first-order chi connectivity index (χ1) is 6.84. The Balaban J connectivity index is 1.97. The summed E-state index contributed by atoms with van der Waals surface area (Å²) in [5.74, 6) is 0.131. The lowest BCUT2D eigenvalue weighted by molar-refractivity contribution is -0.122. The normalized spacial score (nSPS) is 21.1. The van der Waals surface area contributed by atoms with Crippen LogP contribution in [0.3, 0.4) is 0 Å². The molecule has 1 unspecified atom stereocenters. The van der Waals surface area contributed by atoms with Crippen molar-refractivity contribution in [3.05, 3.63) is 0 Å². The van der Waals surface area contributed by atoms with Gasteiger partial charge in [-0.1, -0.05) is 0 Å². The van der Waals surface area contributed by atoms with E-state index in [4.69, 9.17) is 5.11 Å². The summed E-state index contributed by atoms with van der Waals surface area (Å²) in [6.45, 7) is 1.94. The predicted molar refractivity (Wildman–Crippen MR) is 55.0 cm³/mol. The Morgan fingerprint density at radius 2 is 2.29 bits per heavy atom. The molecular formula is C10H20N2O2. The molecule has 4 heteroatoms. The summed E-state index contributed by atoms with van der Waals surface area (Å²) in [5, 5.41) is 14.6. The number of hydrogen-bond donors (Lipinski definition) is 3. The molecule has 14 heavy (non-hydrogen) atoms. The van der Waals surface area contributed by atoms with Crippen LogP contribution >= 0.6 is 0 Å². The highest BCUT2D eigenvalue weighted by molar-refractivity contribution is 5.81. The molecule has 0 aromatic rings. The minimum absolute atomic E-state index is 0.0350. The van der Waals surface area contributed by atoms with Gasteiger partial charge in [0.25, 0.3) is 0 Å². The average molecular weight is 200 g/mol. The van der Waals surface area contributed by atoms with Crippen LogP contribution in [-0.4, -0.2) is 36.8 Å². The Morgan fingerprint density at radius 1 is 1.43 bits per heavy atom. The Morgan fingerprint density at radius 3 is 2.93 bits per heavy atom. The molecule has 0 aliphatic carbocycles. The Hall–Kier alpha value is -0.610. The molecule has 1 aliphatic rings. The summed E-state index contributed by atoms with van der Waals surface area (Å²) in [4.78, 5) is 11.5. The molecular weight excluding hydrogens is 180 g/mol. The minimum Gasteiger partial charge on any atom is -0.396 e. The lowest BCUT2D eigenvalue weighted by Crippen LogP contribution is -2.40. The van der Waals surface area contributed by atoms with Crippen molar-refractivity contribution >= 4 is 5.91 Å². The van der Waals surface area contributed by atoms with Crippen LogP contribution in [0.4, 0.5) is 0 Å². The summed E-state index contributed by atoms with van der Waals surface area (Å²) >= 11 is 0. The number of aliphatic hydroxyl groups is 1. The highest BCUT2D eigenvalue weighted by Gasteiger charge is 2.20. The maximum Gasteiger partial charge on any atom is 0.237 e. The molecule has 4 nitrogen and oxygen atoms in total. The Labute approximate surface area is 85.1 Å². The lowest BCUT2D eigenvalue weighted by Gasteiger charge is -2.10. The van der Waals surface area contributed by atoms with Gasteiger partial charge in [0.15, 0.2) is 0 Å². The molecule has 0 aromatic carbocycles. The van der Waals surface area contributed by atoms with Gasteiger partial charge < -0.3 is 15.7 Å². The molecule has 1 saturated heterocycles. The lowest BCUT2D eigenvalue weighted by atomic mass is 10.2. The van der Waals surface area contributed by atoms with E-state index >= 15 is 0 Å². The van der Waals surface area contributed by atoms with Crippen LogP contribution in [0.15, 0.2) is 0 Å². The predicted octanol–water partition coefficient (Wildman–Crippen LogP) is 0.0172. The van der Waals surface area contributed by atoms with Crippen molar-refractivity contribution in [2.45, 2.75) is 38.1 Å².